The topological polar surface area (TPSA) is 29.5 Å². The van der Waals surface area contributed by atoms with Gasteiger partial charge >= 0.3 is 0 Å². The summed E-state index contributed by atoms with van der Waals surface area (Å²) < 4.78 is 5.41. The summed E-state index contributed by atoms with van der Waals surface area (Å²) in [4.78, 5) is 0. The molecule has 0 saturated carbocycles. The maximum Gasteiger partial charge on any atom is 0.0613 e. The normalized spacial score (nSPS) is 21.4. The largest absolute Gasteiger partial charge is 0.392 e. The van der Waals surface area contributed by atoms with Gasteiger partial charge in [-0.05, 0) is 36.7 Å². The van der Waals surface area contributed by atoms with Gasteiger partial charge in [0.1, 0.15) is 0 Å². The highest BCUT2D eigenvalue weighted by Crippen LogP contribution is 2.34. The standard InChI is InChI=1S/C18H28O2/c1-3-14(2)18(16-7-5-4-6-8-16)17(19)13-15-9-11-20-12-10-15/h4-8,14-15,17-19H,3,9-13H2,1-2H3. The fourth-order valence-electron chi connectivity index (χ4n) is 3.33. The molecule has 1 aromatic carbocycles. The summed E-state index contributed by atoms with van der Waals surface area (Å²) in [6.45, 7) is 6.18. The third-order valence-corrected chi connectivity index (χ3v) is 4.77. The molecule has 0 aromatic heterocycles. The molecule has 0 radical (unpaired) electrons. The Bertz CT molecular complexity index is 370. The lowest BCUT2D eigenvalue weighted by Gasteiger charge is -2.32. The van der Waals surface area contributed by atoms with Crippen molar-refractivity contribution in [3.05, 3.63) is 35.9 Å². The van der Waals surface area contributed by atoms with Crippen LogP contribution in [0.15, 0.2) is 30.3 Å². The van der Waals surface area contributed by atoms with Crippen LogP contribution < -0.4 is 0 Å². The second-order valence-electron chi connectivity index (χ2n) is 6.18. The summed E-state index contributed by atoms with van der Waals surface area (Å²) in [5.74, 6) is 1.38. The zero-order valence-electron chi connectivity index (χ0n) is 12.8. The van der Waals surface area contributed by atoms with E-state index in [1.165, 1.54) is 5.56 Å². The van der Waals surface area contributed by atoms with E-state index in [2.05, 4.69) is 38.1 Å². The zero-order chi connectivity index (χ0) is 14.4. The summed E-state index contributed by atoms with van der Waals surface area (Å²) >= 11 is 0. The lowest BCUT2D eigenvalue weighted by atomic mass is 9.77. The summed E-state index contributed by atoms with van der Waals surface area (Å²) in [5, 5.41) is 10.8. The maximum atomic E-state index is 10.8. The fraction of sp³-hybridized carbons (Fsp3) is 0.667. The average Bonchev–Trinajstić information content (AvgIpc) is 2.49. The molecule has 1 heterocycles. The Kier molecular flexibility index (Phi) is 6.06. The molecule has 0 aliphatic carbocycles. The van der Waals surface area contributed by atoms with E-state index in [-0.39, 0.29) is 12.0 Å². The van der Waals surface area contributed by atoms with Gasteiger partial charge in [-0.3, -0.25) is 0 Å². The van der Waals surface area contributed by atoms with Gasteiger partial charge in [0.15, 0.2) is 0 Å². The van der Waals surface area contributed by atoms with Gasteiger partial charge in [-0.25, -0.2) is 0 Å². The number of benzene rings is 1. The second kappa shape index (κ2) is 7.80. The van der Waals surface area contributed by atoms with Crippen molar-refractivity contribution in [2.24, 2.45) is 11.8 Å². The summed E-state index contributed by atoms with van der Waals surface area (Å²) in [6, 6.07) is 10.5. The lowest BCUT2D eigenvalue weighted by Crippen LogP contribution is -2.28. The number of aliphatic hydroxyl groups is 1. The Labute approximate surface area is 123 Å². The third kappa shape index (κ3) is 4.07. The molecule has 20 heavy (non-hydrogen) atoms. The first-order chi connectivity index (χ1) is 9.72. The number of rotatable bonds is 6. The monoisotopic (exact) mass is 276 g/mol. The highest BCUT2D eigenvalue weighted by Gasteiger charge is 2.28. The van der Waals surface area contributed by atoms with Crippen molar-refractivity contribution in [1.82, 2.24) is 0 Å². The van der Waals surface area contributed by atoms with Crippen molar-refractivity contribution in [2.75, 3.05) is 13.2 Å². The molecule has 1 aromatic rings. The molecule has 1 aliphatic rings. The first-order valence-electron chi connectivity index (χ1n) is 8.03. The van der Waals surface area contributed by atoms with Gasteiger partial charge < -0.3 is 9.84 Å². The zero-order valence-corrected chi connectivity index (χ0v) is 12.8. The van der Waals surface area contributed by atoms with Gasteiger partial charge in [-0.1, -0.05) is 50.6 Å². The Morgan fingerprint density at radius 2 is 1.85 bits per heavy atom. The Morgan fingerprint density at radius 1 is 1.20 bits per heavy atom. The van der Waals surface area contributed by atoms with Gasteiger partial charge in [0.25, 0.3) is 0 Å². The minimum atomic E-state index is -0.240. The molecular weight excluding hydrogens is 248 g/mol. The molecule has 2 heteroatoms. The predicted octanol–water partition coefficient (Wildman–Crippen LogP) is 3.99. The van der Waals surface area contributed by atoms with Crippen molar-refractivity contribution in [3.8, 4) is 0 Å². The van der Waals surface area contributed by atoms with E-state index in [4.69, 9.17) is 4.74 Å². The van der Waals surface area contributed by atoms with Crippen LogP contribution in [0.25, 0.3) is 0 Å². The SMILES string of the molecule is CCC(C)C(c1ccccc1)C(O)CC1CCOCC1. The smallest absolute Gasteiger partial charge is 0.0613 e. The van der Waals surface area contributed by atoms with Crippen LogP contribution in [0.4, 0.5) is 0 Å². The van der Waals surface area contributed by atoms with Crippen LogP contribution in [-0.2, 0) is 4.74 Å². The van der Waals surface area contributed by atoms with Crippen LogP contribution in [0.3, 0.4) is 0 Å². The van der Waals surface area contributed by atoms with E-state index in [1.54, 1.807) is 0 Å². The van der Waals surface area contributed by atoms with E-state index in [1.807, 2.05) is 6.07 Å². The first kappa shape index (κ1) is 15.5. The Hall–Kier alpha value is -0.860. The minimum absolute atomic E-state index is 0.240. The summed E-state index contributed by atoms with van der Waals surface area (Å²) in [5.41, 5.74) is 1.28. The molecule has 0 bridgehead atoms. The van der Waals surface area contributed by atoms with Crippen LogP contribution in [0, 0.1) is 11.8 Å². The van der Waals surface area contributed by atoms with Crippen molar-refractivity contribution in [1.29, 1.82) is 0 Å². The summed E-state index contributed by atoms with van der Waals surface area (Å²) in [7, 11) is 0. The van der Waals surface area contributed by atoms with Crippen molar-refractivity contribution in [3.63, 3.8) is 0 Å². The van der Waals surface area contributed by atoms with Crippen LogP contribution in [-0.4, -0.2) is 24.4 Å². The molecule has 112 valence electrons. The number of hydrogen-bond acceptors (Lipinski definition) is 2. The Balaban J connectivity index is 2.05. The molecule has 0 amide bonds. The molecule has 1 fully saturated rings. The Morgan fingerprint density at radius 3 is 2.45 bits per heavy atom. The molecular formula is C18H28O2. The van der Waals surface area contributed by atoms with Gasteiger partial charge in [-0.2, -0.15) is 0 Å². The van der Waals surface area contributed by atoms with E-state index < -0.39 is 0 Å². The lowest BCUT2D eigenvalue weighted by molar-refractivity contribution is 0.0317. The molecule has 3 unspecified atom stereocenters. The summed E-state index contributed by atoms with van der Waals surface area (Å²) in [6.07, 6.45) is 3.96. The van der Waals surface area contributed by atoms with E-state index in [0.717, 1.165) is 38.9 Å². The predicted molar refractivity (Wildman–Crippen MR) is 82.8 cm³/mol. The molecule has 2 rings (SSSR count). The van der Waals surface area contributed by atoms with Crippen molar-refractivity contribution >= 4 is 0 Å². The number of aliphatic hydroxyl groups excluding tert-OH is 1. The van der Waals surface area contributed by atoms with E-state index >= 15 is 0 Å². The molecule has 0 spiro atoms. The third-order valence-electron chi connectivity index (χ3n) is 4.77. The van der Waals surface area contributed by atoms with Gasteiger partial charge in [0.2, 0.25) is 0 Å². The van der Waals surface area contributed by atoms with Crippen molar-refractivity contribution < 1.29 is 9.84 Å². The molecule has 3 atom stereocenters. The highest BCUT2D eigenvalue weighted by atomic mass is 16.5. The van der Waals surface area contributed by atoms with Gasteiger partial charge in [-0.15, -0.1) is 0 Å². The minimum Gasteiger partial charge on any atom is -0.392 e. The van der Waals surface area contributed by atoms with Gasteiger partial charge in [0, 0.05) is 19.1 Å². The molecule has 2 nitrogen and oxygen atoms in total. The van der Waals surface area contributed by atoms with E-state index in [0.29, 0.717) is 11.8 Å². The number of ether oxygens (including phenoxy) is 1. The van der Waals surface area contributed by atoms with E-state index in [9.17, 15) is 5.11 Å². The fourth-order valence-corrected chi connectivity index (χ4v) is 3.33. The maximum absolute atomic E-state index is 10.8. The van der Waals surface area contributed by atoms with Crippen LogP contribution in [0.1, 0.15) is 51.0 Å². The van der Waals surface area contributed by atoms with Crippen LogP contribution in [0.2, 0.25) is 0 Å². The first-order valence-corrected chi connectivity index (χ1v) is 8.03. The number of hydrogen-bond donors (Lipinski definition) is 1. The van der Waals surface area contributed by atoms with Crippen LogP contribution >= 0.6 is 0 Å². The highest BCUT2D eigenvalue weighted by molar-refractivity contribution is 5.21. The molecule has 1 aliphatic heterocycles. The van der Waals surface area contributed by atoms with Gasteiger partial charge in [0.05, 0.1) is 6.10 Å². The molecule has 1 N–H and O–H groups in total. The average molecular weight is 276 g/mol. The van der Waals surface area contributed by atoms with Crippen molar-refractivity contribution in [2.45, 2.75) is 51.6 Å². The second-order valence-corrected chi connectivity index (χ2v) is 6.18. The van der Waals surface area contributed by atoms with Crippen LogP contribution in [0.5, 0.6) is 0 Å². The molecule has 1 saturated heterocycles. The quantitative estimate of drug-likeness (QED) is 0.851.